The standard InChI is InChI=1S/C19H22O3/c1-3-7-13-15(9-5-11-17(13)20)19(22)16-10-6-12-18(21)14(16)8-4-2/h5-6,9-12,20-21H,3-4,7-8H2,1-2H3. The van der Waals surface area contributed by atoms with E-state index in [1.165, 1.54) is 0 Å². The second kappa shape index (κ2) is 7.12. The maximum Gasteiger partial charge on any atom is 0.193 e. The van der Waals surface area contributed by atoms with Gasteiger partial charge in [0.25, 0.3) is 0 Å². The normalized spacial score (nSPS) is 10.6. The minimum absolute atomic E-state index is 0.140. The molecule has 0 spiro atoms. The number of ketones is 1. The summed E-state index contributed by atoms with van der Waals surface area (Å²) in [5.74, 6) is 0.175. The smallest absolute Gasteiger partial charge is 0.193 e. The highest BCUT2D eigenvalue weighted by molar-refractivity contribution is 6.11. The first-order valence-corrected chi connectivity index (χ1v) is 7.76. The predicted molar refractivity (Wildman–Crippen MR) is 87.6 cm³/mol. The van der Waals surface area contributed by atoms with Gasteiger partial charge in [-0.3, -0.25) is 4.79 Å². The Labute approximate surface area is 131 Å². The van der Waals surface area contributed by atoms with Crippen LogP contribution >= 0.6 is 0 Å². The van der Waals surface area contributed by atoms with E-state index in [2.05, 4.69) is 0 Å². The van der Waals surface area contributed by atoms with Crippen molar-refractivity contribution >= 4 is 5.78 Å². The second-order valence-electron chi connectivity index (χ2n) is 5.44. The van der Waals surface area contributed by atoms with E-state index in [1.807, 2.05) is 13.8 Å². The van der Waals surface area contributed by atoms with Gasteiger partial charge in [0.1, 0.15) is 11.5 Å². The fourth-order valence-electron chi connectivity index (χ4n) is 2.75. The molecule has 0 aliphatic carbocycles. The lowest BCUT2D eigenvalue weighted by Crippen LogP contribution is -2.09. The Kier molecular flexibility index (Phi) is 5.21. The summed E-state index contributed by atoms with van der Waals surface area (Å²) in [7, 11) is 0. The Morgan fingerprint density at radius 2 is 1.23 bits per heavy atom. The van der Waals surface area contributed by atoms with Crippen LogP contribution in [0.15, 0.2) is 36.4 Å². The zero-order valence-electron chi connectivity index (χ0n) is 13.1. The molecular weight excluding hydrogens is 276 g/mol. The third-order valence-electron chi connectivity index (χ3n) is 3.79. The van der Waals surface area contributed by atoms with Crippen molar-refractivity contribution in [3.63, 3.8) is 0 Å². The number of hydrogen-bond donors (Lipinski definition) is 2. The Balaban J connectivity index is 2.54. The van der Waals surface area contributed by atoms with Crippen molar-refractivity contribution in [2.45, 2.75) is 39.5 Å². The van der Waals surface area contributed by atoms with E-state index in [1.54, 1.807) is 36.4 Å². The molecule has 116 valence electrons. The van der Waals surface area contributed by atoms with Crippen LogP contribution in [0.25, 0.3) is 0 Å². The highest BCUT2D eigenvalue weighted by Crippen LogP contribution is 2.29. The molecule has 0 saturated heterocycles. The Hall–Kier alpha value is -2.29. The van der Waals surface area contributed by atoms with Crippen LogP contribution in [0.1, 0.15) is 53.7 Å². The molecule has 2 aromatic rings. The summed E-state index contributed by atoms with van der Waals surface area (Å²) in [4.78, 5) is 12.9. The van der Waals surface area contributed by atoms with Crippen molar-refractivity contribution in [2.24, 2.45) is 0 Å². The van der Waals surface area contributed by atoms with Crippen molar-refractivity contribution in [3.8, 4) is 11.5 Å². The molecule has 0 bridgehead atoms. The van der Waals surface area contributed by atoms with Gasteiger partial charge in [0.05, 0.1) is 0 Å². The van der Waals surface area contributed by atoms with Crippen molar-refractivity contribution in [3.05, 3.63) is 58.7 Å². The first-order valence-electron chi connectivity index (χ1n) is 7.76. The molecule has 0 heterocycles. The van der Waals surface area contributed by atoms with Gasteiger partial charge in [0, 0.05) is 22.3 Å². The third kappa shape index (κ3) is 3.14. The zero-order chi connectivity index (χ0) is 16.1. The number of phenols is 2. The molecule has 0 amide bonds. The van der Waals surface area contributed by atoms with E-state index >= 15 is 0 Å². The van der Waals surface area contributed by atoms with Crippen molar-refractivity contribution in [2.75, 3.05) is 0 Å². The van der Waals surface area contributed by atoms with Crippen LogP contribution in [0.3, 0.4) is 0 Å². The lowest BCUT2D eigenvalue weighted by atomic mass is 9.91. The fraction of sp³-hybridized carbons (Fsp3) is 0.316. The minimum atomic E-state index is -0.140. The largest absolute Gasteiger partial charge is 0.508 e. The van der Waals surface area contributed by atoms with Gasteiger partial charge in [-0.1, -0.05) is 51.0 Å². The number of carbonyl (C=O) groups excluding carboxylic acids is 1. The van der Waals surface area contributed by atoms with E-state index in [0.29, 0.717) is 35.1 Å². The summed E-state index contributed by atoms with van der Waals surface area (Å²) < 4.78 is 0. The SMILES string of the molecule is CCCc1c(O)cccc1C(=O)c1cccc(O)c1CCC. The van der Waals surface area contributed by atoms with Crippen LogP contribution in [0.5, 0.6) is 11.5 Å². The molecule has 0 aromatic heterocycles. The zero-order valence-corrected chi connectivity index (χ0v) is 13.1. The molecule has 0 radical (unpaired) electrons. The summed E-state index contributed by atoms with van der Waals surface area (Å²) >= 11 is 0. The van der Waals surface area contributed by atoms with Gasteiger partial charge in [-0.15, -0.1) is 0 Å². The summed E-state index contributed by atoms with van der Waals surface area (Å²) in [6, 6.07) is 10.1. The predicted octanol–water partition coefficient (Wildman–Crippen LogP) is 4.23. The molecule has 0 aliphatic heterocycles. The lowest BCUT2D eigenvalue weighted by Gasteiger charge is -2.13. The molecule has 0 saturated carbocycles. The Morgan fingerprint density at radius 1 is 0.818 bits per heavy atom. The van der Waals surface area contributed by atoms with E-state index in [-0.39, 0.29) is 17.3 Å². The van der Waals surface area contributed by atoms with Crippen LogP contribution in [-0.2, 0) is 12.8 Å². The Morgan fingerprint density at radius 3 is 1.59 bits per heavy atom. The van der Waals surface area contributed by atoms with Gasteiger partial charge in [-0.25, -0.2) is 0 Å². The summed E-state index contributed by atoms with van der Waals surface area (Å²) in [5, 5.41) is 20.1. The van der Waals surface area contributed by atoms with Gasteiger partial charge >= 0.3 is 0 Å². The maximum absolute atomic E-state index is 12.9. The molecule has 0 aliphatic rings. The quantitative estimate of drug-likeness (QED) is 0.784. The lowest BCUT2D eigenvalue weighted by molar-refractivity contribution is 0.103. The van der Waals surface area contributed by atoms with Gasteiger partial charge < -0.3 is 10.2 Å². The van der Waals surface area contributed by atoms with Gasteiger partial charge in [-0.2, -0.15) is 0 Å². The van der Waals surface area contributed by atoms with Gasteiger partial charge in [0.15, 0.2) is 5.78 Å². The average molecular weight is 298 g/mol. The highest BCUT2D eigenvalue weighted by atomic mass is 16.3. The van der Waals surface area contributed by atoms with Crippen molar-refractivity contribution in [1.82, 2.24) is 0 Å². The monoisotopic (exact) mass is 298 g/mol. The molecule has 0 atom stereocenters. The van der Waals surface area contributed by atoms with Crippen molar-refractivity contribution < 1.29 is 15.0 Å². The first kappa shape index (κ1) is 16.1. The van der Waals surface area contributed by atoms with Crippen LogP contribution in [-0.4, -0.2) is 16.0 Å². The molecule has 3 heteroatoms. The summed E-state index contributed by atoms with van der Waals surface area (Å²) in [6.07, 6.45) is 2.99. The highest BCUT2D eigenvalue weighted by Gasteiger charge is 2.19. The van der Waals surface area contributed by atoms with Crippen LogP contribution in [0, 0.1) is 0 Å². The molecule has 22 heavy (non-hydrogen) atoms. The second-order valence-corrected chi connectivity index (χ2v) is 5.44. The molecule has 0 fully saturated rings. The molecule has 2 N–H and O–H groups in total. The van der Waals surface area contributed by atoms with Crippen LogP contribution < -0.4 is 0 Å². The number of carbonyl (C=O) groups is 1. The number of aromatic hydroxyl groups is 2. The number of benzene rings is 2. The number of hydrogen-bond acceptors (Lipinski definition) is 3. The first-order chi connectivity index (χ1) is 10.6. The fourth-order valence-corrected chi connectivity index (χ4v) is 2.75. The van der Waals surface area contributed by atoms with Gasteiger partial charge in [0.2, 0.25) is 0 Å². The maximum atomic E-state index is 12.9. The van der Waals surface area contributed by atoms with Crippen LogP contribution in [0.2, 0.25) is 0 Å². The summed E-state index contributed by atoms with van der Waals surface area (Å²) in [6.45, 7) is 4.02. The van der Waals surface area contributed by atoms with Crippen molar-refractivity contribution in [1.29, 1.82) is 0 Å². The van der Waals surface area contributed by atoms with Gasteiger partial charge in [-0.05, 0) is 25.0 Å². The Bertz CT molecular complexity index is 617. The topological polar surface area (TPSA) is 57.5 Å². The number of phenolic OH excluding ortho intramolecular Hbond substituents is 2. The molecule has 3 nitrogen and oxygen atoms in total. The van der Waals surface area contributed by atoms with Crippen LogP contribution in [0.4, 0.5) is 0 Å². The average Bonchev–Trinajstić information content (AvgIpc) is 2.51. The van der Waals surface area contributed by atoms with E-state index in [9.17, 15) is 15.0 Å². The molecular formula is C19H22O3. The summed E-state index contributed by atoms with van der Waals surface area (Å²) in [5.41, 5.74) is 2.40. The van der Waals surface area contributed by atoms with E-state index in [0.717, 1.165) is 12.8 Å². The number of rotatable bonds is 6. The molecule has 0 unspecified atom stereocenters. The van der Waals surface area contributed by atoms with E-state index < -0.39 is 0 Å². The van der Waals surface area contributed by atoms with E-state index in [4.69, 9.17) is 0 Å². The molecule has 2 aromatic carbocycles. The third-order valence-corrected chi connectivity index (χ3v) is 3.79. The molecule has 2 rings (SSSR count). The minimum Gasteiger partial charge on any atom is -0.508 e.